The first-order valence-corrected chi connectivity index (χ1v) is 8.27. The van der Waals surface area contributed by atoms with Gasteiger partial charge in [0, 0.05) is 23.1 Å². The van der Waals surface area contributed by atoms with Gasteiger partial charge in [-0.05, 0) is 31.5 Å². The first kappa shape index (κ1) is 15.4. The molecule has 1 atom stereocenters. The second-order valence-corrected chi connectivity index (χ2v) is 7.42. The number of benzene rings is 1. The van der Waals surface area contributed by atoms with E-state index in [4.69, 9.17) is 0 Å². The van der Waals surface area contributed by atoms with Gasteiger partial charge in [-0.25, -0.2) is 4.39 Å². The van der Waals surface area contributed by atoms with Crippen LogP contribution < -0.4 is 4.90 Å². The van der Waals surface area contributed by atoms with Gasteiger partial charge in [-0.15, -0.1) is 10.2 Å². The van der Waals surface area contributed by atoms with Crippen molar-refractivity contribution in [2.45, 2.75) is 13.3 Å². The Balaban J connectivity index is 1.86. The number of aromatic nitrogens is 2. The summed E-state index contributed by atoms with van der Waals surface area (Å²) in [4.78, 5) is 13.2. The Morgan fingerprint density at radius 2 is 2.27 bits per heavy atom. The summed E-state index contributed by atoms with van der Waals surface area (Å²) in [5.74, 6) is -1.17. The van der Waals surface area contributed by atoms with Crippen molar-refractivity contribution >= 4 is 38.4 Å². The fraction of sp³-hybridized carbons (Fsp3) is 0.357. The van der Waals surface area contributed by atoms with Crippen LogP contribution in [0.2, 0.25) is 0 Å². The predicted octanol–water partition coefficient (Wildman–Crippen LogP) is 3.41. The van der Waals surface area contributed by atoms with E-state index in [0.29, 0.717) is 35.2 Å². The topological polar surface area (TPSA) is 66.3 Å². The van der Waals surface area contributed by atoms with Gasteiger partial charge < -0.3 is 10.0 Å². The van der Waals surface area contributed by atoms with Crippen LogP contribution in [0.3, 0.4) is 0 Å². The van der Waals surface area contributed by atoms with Crippen molar-refractivity contribution < 1.29 is 14.3 Å². The van der Waals surface area contributed by atoms with Crippen molar-refractivity contribution in [3.63, 3.8) is 0 Å². The number of aliphatic carboxylic acids is 1. The Morgan fingerprint density at radius 1 is 1.50 bits per heavy atom. The second-order valence-electron chi connectivity index (χ2n) is 5.55. The molecule has 2 aromatic rings. The van der Waals surface area contributed by atoms with Crippen molar-refractivity contribution in [2.24, 2.45) is 5.41 Å². The van der Waals surface area contributed by atoms with Crippen LogP contribution in [0.5, 0.6) is 0 Å². The Kier molecular flexibility index (Phi) is 3.90. The van der Waals surface area contributed by atoms with E-state index in [1.807, 2.05) is 4.90 Å². The van der Waals surface area contributed by atoms with Gasteiger partial charge in [-0.1, -0.05) is 27.3 Å². The second kappa shape index (κ2) is 5.58. The fourth-order valence-corrected chi connectivity index (χ4v) is 3.66. The summed E-state index contributed by atoms with van der Waals surface area (Å²) in [6.07, 6.45) is 0.558. The van der Waals surface area contributed by atoms with Crippen molar-refractivity contribution in [3.8, 4) is 10.6 Å². The highest BCUT2D eigenvalue weighted by molar-refractivity contribution is 9.10. The first-order chi connectivity index (χ1) is 10.4. The third-order valence-electron chi connectivity index (χ3n) is 3.83. The standard InChI is InChI=1S/C14H13BrFN3O2S/c1-14(12(20)21)4-5-19(7-14)13-18-17-11(22-13)9-6-8(15)2-3-10(9)16/h2-3,6H,4-5,7H2,1H3,(H,20,21). The Labute approximate surface area is 138 Å². The normalized spacial score (nSPS) is 21.3. The lowest BCUT2D eigenvalue weighted by atomic mass is 9.90. The minimum atomic E-state index is -0.808. The molecule has 1 fully saturated rings. The summed E-state index contributed by atoms with van der Waals surface area (Å²) in [7, 11) is 0. The van der Waals surface area contributed by atoms with E-state index in [-0.39, 0.29) is 5.82 Å². The summed E-state index contributed by atoms with van der Waals surface area (Å²) in [5.41, 5.74) is -0.384. The third kappa shape index (κ3) is 2.72. The number of rotatable bonds is 3. The first-order valence-electron chi connectivity index (χ1n) is 6.66. The molecule has 116 valence electrons. The fourth-order valence-electron chi connectivity index (χ4n) is 2.41. The maximum Gasteiger partial charge on any atom is 0.311 e. The SMILES string of the molecule is CC1(C(=O)O)CCN(c2nnc(-c3cc(Br)ccc3F)s2)C1. The highest BCUT2D eigenvalue weighted by Gasteiger charge is 2.41. The number of hydrogen-bond acceptors (Lipinski definition) is 5. The highest BCUT2D eigenvalue weighted by Crippen LogP contribution is 2.37. The highest BCUT2D eigenvalue weighted by atomic mass is 79.9. The lowest BCUT2D eigenvalue weighted by Crippen LogP contribution is -2.31. The summed E-state index contributed by atoms with van der Waals surface area (Å²) >= 11 is 4.58. The van der Waals surface area contributed by atoms with E-state index >= 15 is 0 Å². The monoisotopic (exact) mass is 385 g/mol. The Hall–Kier alpha value is -1.54. The summed E-state index contributed by atoms with van der Waals surface area (Å²) in [6.45, 7) is 2.72. The molecule has 0 radical (unpaired) electrons. The van der Waals surface area contributed by atoms with Crippen LogP contribution in [0, 0.1) is 11.2 Å². The third-order valence-corrected chi connectivity index (χ3v) is 5.34. The molecule has 0 bridgehead atoms. The van der Waals surface area contributed by atoms with Crippen molar-refractivity contribution in [1.82, 2.24) is 10.2 Å². The van der Waals surface area contributed by atoms with Crippen LogP contribution in [0.1, 0.15) is 13.3 Å². The van der Waals surface area contributed by atoms with E-state index < -0.39 is 11.4 Å². The number of carboxylic acid groups (broad SMARTS) is 1. The molecule has 22 heavy (non-hydrogen) atoms. The quantitative estimate of drug-likeness (QED) is 0.876. The van der Waals surface area contributed by atoms with Crippen LogP contribution in [0.25, 0.3) is 10.6 Å². The van der Waals surface area contributed by atoms with Crippen LogP contribution in [0.15, 0.2) is 22.7 Å². The molecule has 1 unspecified atom stereocenters. The zero-order valence-corrected chi connectivity index (χ0v) is 14.1. The van der Waals surface area contributed by atoms with Crippen LogP contribution in [-0.2, 0) is 4.79 Å². The van der Waals surface area contributed by atoms with E-state index in [9.17, 15) is 14.3 Å². The lowest BCUT2D eigenvalue weighted by Gasteiger charge is -2.18. The molecule has 1 aromatic heterocycles. The van der Waals surface area contributed by atoms with Gasteiger partial charge in [0.15, 0.2) is 5.01 Å². The number of carboxylic acids is 1. The zero-order chi connectivity index (χ0) is 15.9. The van der Waals surface area contributed by atoms with E-state index in [2.05, 4.69) is 26.1 Å². The molecule has 3 rings (SSSR count). The number of carbonyl (C=O) groups is 1. The predicted molar refractivity (Wildman–Crippen MR) is 85.6 cm³/mol. The zero-order valence-electron chi connectivity index (χ0n) is 11.7. The Morgan fingerprint density at radius 3 is 2.95 bits per heavy atom. The van der Waals surface area contributed by atoms with Gasteiger partial charge in [0.1, 0.15) is 5.82 Å². The molecule has 0 spiro atoms. The molecule has 5 nitrogen and oxygen atoms in total. The molecule has 0 saturated carbocycles. The molecule has 0 aliphatic carbocycles. The largest absolute Gasteiger partial charge is 0.481 e. The van der Waals surface area contributed by atoms with Crippen LogP contribution in [-0.4, -0.2) is 34.4 Å². The van der Waals surface area contributed by atoms with Crippen LogP contribution >= 0.6 is 27.3 Å². The number of halogens is 2. The van der Waals surface area contributed by atoms with E-state index in [1.165, 1.54) is 17.4 Å². The molecule has 8 heteroatoms. The van der Waals surface area contributed by atoms with Crippen molar-refractivity contribution in [3.05, 3.63) is 28.5 Å². The maximum absolute atomic E-state index is 13.9. The molecule has 2 heterocycles. The average Bonchev–Trinajstić information content (AvgIpc) is 3.09. The summed E-state index contributed by atoms with van der Waals surface area (Å²) in [5, 5.41) is 18.5. The van der Waals surface area contributed by atoms with Gasteiger partial charge in [0.25, 0.3) is 0 Å². The molecule has 0 amide bonds. The Bertz CT molecular complexity index is 739. The average molecular weight is 386 g/mol. The van der Waals surface area contributed by atoms with E-state index in [0.717, 1.165) is 4.47 Å². The van der Waals surface area contributed by atoms with Gasteiger partial charge >= 0.3 is 5.97 Å². The molecular formula is C14H13BrFN3O2S. The minimum absolute atomic E-state index is 0.359. The molecule has 1 aromatic carbocycles. The number of anilines is 1. The molecular weight excluding hydrogens is 373 g/mol. The van der Waals surface area contributed by atoms with Crippen LogP contribution in [0.4, 0.5) is 9.52 Å². The molecule has 1 aliphatic heterocycles. The number of nitrogens with zero attached hydrogens (tertiary/aromatic N) is 3. The lowest BCUT2D eigenvalue weighted by molar-refractivity contribution is -0.146. The molecule has 1 aliphatic rings. The summed E-state index contributed by atoms with van der Waals surface area (Å²) < 4.78 is 14.7. The van der Waals surface area contributed by atoms with Crippen molar-refractivity contribution in [2.75, 3.05) is 18.0 Å². The number of hydrogen-bond donors (Lipinski definition) is 1. The van der Waals surface area contributed by atoms with Gasteiger partial charge in [-0.3, -0.25) is 4.79 Å². The maximum atomic E-state index is 13.9. The molecule has 1 saturated heterocycles. The minimum Gasteiger partial charge on any atom is -0.481 e. The summed E-state index contributed by atoms with van der Waals surface area (Å²) in [6, 6.07) is 4.66. The van der Waals surface area contributed by atoms with E-state index in [1.54, 1.807) is 19.1 Å². The molecule has 1 N–H and O–H groups in total. The van der Waals surface area contributed by atoms with Gasteiger partial charge in [-0.2, -0.15) is 0 Å². The van der Waals surface area contributed by atoms with Gasteiger partial charge in [0.2, 0.25) is 5.13 Å². The van der Waals surface area contributed by atoms with Gasteiger partial charge in [0.05, 0.1) is 5.41 Å². The van der Waals surface area contributed by atoms with Crippen molar-refractivity contribution in [1.29, 1.82) is 0 Å². The smallest absolute Gasteiger partial charge is 0.311 e.